The Morgan fingerprint density at radius 2 is 1.83 bits per heavy atom. The molecule has 152 valence electrons. The minimum absolute atomic E-state index is 0.102. The van der Waals surface area contributed by atoms with E-state index in [0.29, 0.717) is 0 Å². The van der Waals surface area contributed by atoms with Crippen molar-refractivity contribution in [3.63, 3.8) is 0 Å². The first kappa shape index (κ1) is 19.1. The molecule has 1 N–H and O–H groups in total. The first-order chi connectivity index (χ1) is 14.7. The van der Waals surface area contributed by atoms with Gasteiger partial charge in [0.05, 0.1) is 17.2 Å². The molecule has 4 aromatic rings. The lowest BCUT2D eigenvalue weighted by Crippen LogP contribution is -2.07. The standard InChI is InChI=1S/C25H25N3OS/c1-16(2)29-22-10-6-5-9-21(22)28-24-23-20(14-30-25(23)27-15-26-24)19-12-11-17-7-3-4-8-18(17)13-19/h5-6,9-16H,3-4,7-8H2,1-2H3,(H,26,27,28). The van der Waals surface area contributed by atoms with Crippen molar-refractivity contribution in [1.82, 2.24) is 9.97 Å². The summed E-state index contributed by atoms with van der Waals surface area (Å²) in [4.78, 5) is 10.1. The number of aryl methyl sites for hydroxylation is 2. The second-order valence-corrected chi connectivity index (χ2v) is 8.89. The van der Waals surface area contributed by atoms with E-state index in [1.54, 1.807) is 17.7 Å². The molecule has 30 heavy (non-hydrogen) atoms. The van der Waals surface area contributed by atoms with Crippen LogP contribution in [0.1, 0.15) is 37.8 Å². The van der Waals surface area contributed by atoms with Gasteiger partial charge >= 0.3 is 0 Å². The lowest BCUT2D eigenvalue weighted by Gasteiger charge is -2.17. The molecule has 0 unspecified atom stereocenters. The Hall–Kier alpha value is -2.92. The molecule has 0 spiro atoms. The molecular formula is C25H25N3OS. The minimum atomic E-state index is 0.102. The Morgan fingerprint density at radius 1 is 1.00 bits per heavy atom. The predicted molar refractivity (Wildman–Crippen MR) is 125 cm³/mol. The van der Waals surface area contributed by atoms with Crippen molar-refractivity contribution in [2.45, 2.75) is 45.6 Å². The molecule has 1 aliphatic rings. The summed E-state index contributed by atoms with van der Waals surface area (Å²) in [7, 11) is 0. The van der Waals surface area contributed by atoms with Crippen LogP contribution in [0.25, 0.3) is 21.3 Å². The van der Waals surface area contributed by atoms with Crippen molar-refractivity contribution in [2.75, 3.05) is 5.32 Å². The summed E-state index contributed by atoms with van der Waals surface area (Å²) in [6.07, 6.45) is 6.68. The number of para-hydroxylation sites is 2. The van der Waals surface area contributed by atoms with Crippen LogP contribution in [0, 0.1) is 0 Å². The third-order valence-corrected chi connectivity index (χ3v) is 6.42. The number of benzene rings is 2. The van der Waals surface area contributed by atoms with Gasteiger partial charge in [0.2, 0.25) is 0 Å². The molecule has 0 fully saturated rings. The Kier molecular flexibility index (Phi) is 5.13. The maximum Gasteiger partial charge on any atom is 0.143 e. The van der Waals surface area contributed by atoms with Gasteiger partial charge in [0, 0.05) is 10.9 Å². The van der Waals surface area contributed by atoms with Crippen LogP contribution in [0.5, 0.6) is 5.75 Å². The van der Waals surface area contributed by atoms with Gasteiger partial charge in [-0.3, -0.25) is 0 Å². The zero-order valence-corrected chi connectivity index (χ0v) is 18.1. The summed E-state index contributed by atoms with van der Waals surface area (Å²) in [6.45, 7) is 4.07. The summed E-state index contributed by atoms with van der Waals surface area (Å²) in [5, 5.41) is 6.78. The summed E-state index contributed by atoms with van der Waals surface area (Å²) < 4.78 is 5.98. The topological polar surface area (TPSA) is 47.0 Å². The fourth-order valence-corrected chi connectivity index (χ4v) is 5.05. The van der Waals surface area contributed by atoms with Crippen LogP contribution >= 0.6 is 11.3 Å². The van der Waals surface area contributed by atoms with E-state index in [0.717, 1.165) is 27.5 Å². The average Bonchev–Trinajstić information content (AvgIpc) is 3.20. The molecule has 0 aliphatic heterocycles. The van der Waals surface area contributed by atoms with E-state index in [1.807, 2.05) is 38.1 Å². The molecule has 1 aliphatic carbocycles. The molecule has 0 bridgehead atoms. The van der Waals surface area contributed by atoms with Crippen molar-refractivity contribution < 1.29 is 4.74 Å². The number of nitrogens with zero attached hydrogens (tertiary/aromatic N) is 2. The predicted octanol–water partition coefficient (Wildman–Crippen LogP) is 6.77. The maximum absolute atomic E-state index is 5.98. The lowest BCUT2D eigenvalue weighted by molar-refractivity contribution is 0.244. The summed E-state index contributed by atoms with van der Waals surface area (Å²) in [5.74, 6) is 1.64. The van der Waals surface area contributed by atoms with Gasteiger partial charge in [0.25, 0.3) is 0 Å². The van der Waals surface area contributed by atoms with Crippen LogP contribution in [0.4, 0.5) is 11.5 Å². The van der Waals surface area contributed by atoms with Crippen LogP contribution in [0.2, 0.25) is 0 Å². The number of thiophene rings is 1. The van der Waals surface area contributed by atoms with Crippen LogP contribution in [-0.4, -0.2) is 16.1 Å². The Balaban J connectivity index is 1.58. The van der Waals surface area contributed by atoms with Crippen LogP contribution in [0.15, 0.2) is 54.2 Å². The van der Waals surface area contributed by atoms with Gasteiger partial charge in [0.1, 0.15) is 22.7 Å². The van der Waals surface area contributed by atoms with E-state index in [4.69, 9.17) is 4.74 Å². The summed E-state index contributed by atoms with van der Waals surface area (Å²) in [5.41, 5.74) is 6.33. The van der Waals surface area contributed by atoms with E-state index in [9.17, 15) is 0 Å². The highest BCUT2D eigenvalue weighted by Gasteiger charge is 2.17. The smallest absolute Gasteiger partial charge is 0.143 e. The molecule has 5 heteroatoms. The Bertz CT molecular complexity index is 1200. The molecule has 0 saturated heterocycles. The van der Waals surface area contributed by atoms with Crippen molar-refractivity contribution in [1.29, 1.82) is 0 Å². The van der Waals surface area contributed by atoms with Gasteiger partial charge in [-0.25, -0.2) is 9.97 Å². The van der Waals surface area contributed by atoms with Crippen molar-refractivity contribution in [3.05, 3.63) is 65.3 Å². The van der Waals surface area contributed by atoms with E-state index in [-0.39, 0.29) is 6.10 Å². The summed E-state index contributed by atoms with van der Waals surface area (Å²) >= 11 is 1.66. The van der Waals surface area contributed by atoms with Gasteiger partial charge in [0.15, 0.2) is 0 Å². The number of fused-ring (bicyclic) bond motifs is 2. The molecule has 0 amide bonds. The molecule has 0 saturated carbocycles. The maximum atomic E-state index is 5.98. The van der Waals surface area contributed by atoms with Crippen LogP contribution in [0.3, 0.4) is 0 Å². The lowest BCUT2D eigenvalue weighted by atomic mass is 9.89. The van der Waals surface area contributed by atoms with Gasteiger partial charge in [-0.2, -0.15) is 0 Å². The number of rotatable bonds is 5. The van der Waals surface area contributed by atoms with Gasteiger partial charge in [-0.1, -0.05) is 30.3 Å². The normalized spacial score (nSPS) is 13.4. The van der Waals surface area contributed by atoms with Crippen LogP contribution < -0.4 is 10.1 Å². The molecule has 5 rings (SSSR count). The third-order valence-electron chi connectivity index (χ3n) is 5.53. The monoisotopic (exact) mass is 415 g/mol. The number of aromatic nitrogens is 2. The number of hydrogen-bond donors (Lipinski definition) is 1. The van der Waals surface area contributed by atoms with Gasteiger partial charge in [-0.15, -0.1) is 11.3 Å². The molecular weight excluding hydrogens is 390 g/mol. The van der Waals surface area contributed by atoms with Gasteiger partial charge in [-0.05, 0) is 68.4 Å². The van der Waals surface area contributed by atoms with Crippen molar-refractivity contribution in [3.8, 4) is 16.9 Å². The van der Waals surface area contributed by atoms with Crippen molar-refractivity contribution in [2.24, 2.45) is 0 Å². The highest BCUT2D eigenvalue weighted by atomic mass is 32.1. The molecule has 2 aromatic heterocycles. The highest BCUT2D eigenvalue weighted by Crippen LogP contribution is 2.39. The number of ether oxygens (including phenoxy) is 1. The average molecular weight is 416 g/mol. The summed E-state index contributed by atoms with van der Waals surface area (Å²) in [6, 6.07) is 14.9. The first-order valence-electron chi connectivity index (χ1n) is 10.6. The minimum Gasteiger partial charge on any atom is -0.489 e. The molecule has 2 aromatic carbocycles. The quantitative estimate of drug-likeness (QED) is 0.391. The third kappa shape index (κ3) is 3.65. The zero-order chi connectivity index (χ0) is 20.5. The zero-order valence-electron chi connectivity index (χ0n) is 17.3. The molecule has 4 nitrogen and oxygen atoms in total. The molecule has 0 radical (unpaired) electrons. The van der Waals surface area contributed by atoms with E-state index in [2.05, 4.69) is 38.9 Å². The van der Waals surface area contributed by atoms with Gasteiger partial charge < -0.3 is 10.1 Å². The fraction of sp³-hybridized carbons (Fsp3) is 0.280. The largest absolute Gasteiger partial charge is 0.489 e. The number of hydrogen-bond acceptors (Lipinski definition) is 5. The number of nitrogens with one attached hydrogen (secondary N) is 1. The Morgan fingerprint density at radius 3 is 2.70 bits per heavy atom. The highest BCUT2D eigenvalue weighted by molar-refractivity contribution is 7.17. The number of anilines is 2. The molecule has 2 heterocycles. The second-order valence-electron chi connectivity index (χ2n) is 8.03. The molecule has 0 atom stereocenters. The second kappa shape index (κ2) is 8.07. The fourth-order valence-electron chi connectivity index (χ4n) is 4.14. The van der Waals surface area contributed by atoms with E-state index < -0.39 is 0 Å². The van der Waals surface area contributed by atoms with Crippen LogP contribution in [-0.2, 0) is 12.8 Å². The SMILES string of the molecule is CC(C)Oc1ccccc1Nc1ncnc2scc(-c3ccc4c(c3)CCCC4)c12. The van der Waals surface area contributed by atoms with E-state index >= 15 is 0 Å². The van der Waals surface area contributed by atoms with E-state index in [1.165, 1.54) is 47.9 Å². The Labute approximate surface area is 181 Å². The first-order valence-corrected chi connectivity index (χ1v) is 11.4. The van der Waals surface area contributed by atoms with Crippen molar-refractivity contribution >= 4 is 33.1 Å².